The number of thiophene rings is 1. The monoisotopic (exact) mass is 248 g/mol. The second-order valence-electron chi connectivity index (χ2n) is 3.88. The second-order valence-corrected chi connectivity index (χ2v) is 5.13. The Hall–Kier alpha value is -1.75. The van der Waals surface area contributed by atoms with E-state index in [9.17, 15) is 9.59 Å². The van der Waals surface area contributed by atoms with Crippen molar-refractivity contribution < 1.29 is 9.59 Å². The molecule has 0 atom stereocenters. The number of aldehydes is 1. The lowest BCUT2D eigenvalue weighted by atomic mass is 10.1. The number of rotatable bonds is 3. The van der Waals surface area contributed by atoms with Crippen LogP contribution in [0.1, 0.15) is 41.9 Å². The summed E-state index contributed by atoms with van der Waals surface area (Å²) in [5.74, 6) is -0.0741. The summed E-state index contributed by atoms with van der Waals surface area (Å²) in [5, 5.41) is 6.79. The molecule has 0 aliphatic carbocycles. The summed E-state index contributed by atoms with van der Waals surface area (Å²) >= 11 is 1.34. The summed E-state index contributed by atoms with van der Waals surface area (Å²) in [4.78, 5) is 24.5. The third-order valence-electron chi connectivity index (χ3n) is 2.66. The van der Waals surface area contributed by atoms with Gasteiger partial charge in [-0.2, -0.15) is 5.10 Å². The first-order valence-electron chi connectivity index (χ1n) is 5.16. The van der Waals surface area contributed by atoms with Crippen LogP contribution in [0, 0.1) is 20.8 Å². The van der Waals surface area contributed by atoms with E-state index in [1.54, 1.807) is 13.0 Å². The minimum Gasteiger partial charge on any atom is -0.298 e. The highest BCUT2D eigenvalue weighted by molar-refractivity contribution is 7.14. The molecule has 0 unspecified atom stereocenters. The van der Waals surface area contributed by atoms with Gasteiger partial charge in [-0.3, -0.25) is 14.7 Å². The van der Waals surface area contributed by atoms with Crippen LogP contribution in [-0.2, 0) is 0 Å². The molecule has 2 aromatic heterocycles. The highest BCUT2D eigenvalue weighted by atomic mass is 32.1. The van der Waals surface area contributed by atoms with Gasteiger partial charge in [0.15, 0.2) is 6.29 Å². The van der Waals surface area contributed by atoms with Crippen molar-refractivity contribution in [3.63, 3.8) is 0 Å². The van der Waals surface area contributed by atoms with Crippen LogP contribution in [0.5, 0.6) is 0 Å². The summed E-state index contributed by atoms with van der Waals surface area (Å²) in [6, 6.07) is 1.64. The Bertz CT molecular complexity index is 576. The average molecular weight is 248 g/mol. The van der Waals surface area contributed by atoms with E-state index in [2.05, 4.69) is 10.2 Å². The zero-order chi connectivity index (χ0) is 12.6. The lowest BCUT2D eigenvalue weighted by Crippen LogP contribution is -2.01. The maximum atomic E-state index is 12.3. The zero-order valence-electron chi connectivity index (χ0n) is 9.83. The van der Waals surface area contributed by atoms with E-state index in [1.165, 1.54) is 11.3 Å². The molecule has 0 bridgehead atoms. The summed E-state index contributed by atoms with van der Waals surface area (Å²) in [7, 11) is 0. The van der Waals surface area contributed by atoms with Crippen molar-refractivity contribution in [3.8, 4) is 0 Å². The molecule has 0 aromatic carbocycles. The molecule has 17 heavy (non-hydrogen) atoms. The molecule has 0 saturated carbocycles. The number of aromatic nitrogens is 2. The van der Waals surface area contributed by atoms with Gasteiger partial charge in [-0.25, -0.2) is 0 Å². The number of ketones is 1. The molecule has 1 N–H and O–H groups in total. The molecule has 0 radical (unpaired) electrons. The molecule has 2 rings (SSSR count). The van der Waals surface area contributed by atoms with Crippen molar-refractivity contribution in [2.24, 2.45) is 0 Å². The summed E-state index contributed by atoms with van der Waals surface area (Å²) in [6.07, 6.45) is 0.775. The van der Waals surface area contributed by atoms with Gasteiger partial charge < -0.3 is 0 Å². The molecule has 0 spiro atoms. The van der Waals surface area contributed by atoms with Gasteiger partial charge in [-0.15, -0.1) is 11.3 Å². The van der Waals surface area contributed by atoms with Gasteiger partial charge >= 0.3 is 0 Å². The van der Waals surface area contributed by atoms with Gasteiger partial charge in [0, 0.05) is 16.1 Å². The normalized spacial score (nSPS) is 10.5. The van der Waals surface area contributed by atoms with Crippen molar-refractivity contribution in [1.29, 1.82) is 0 Å². The molecule has 5 heteroatoms. The molecule has 88 valence electrons. The van der Waals surface area contributed by atoms with Crippen LogP contribution >= 0.6 is 11.3 Å². The maximum Gasteiger partial charge on any atom is 0.206 e. The third-order valence-corrected chi connectivity index (χ3v) is 3.73. The predicted molar refractivity (Wildman–Crippen MR) is 65.9 cm³/mol. The second kappa shape index (κ2) is 4.25. The van der Waals surface area contributed by atoms with Gasteiger partial charge in [0.25, 0.3) is 0 Å². The number of nitrogens with zero attached hydrogens (tertiary/aromatic N) is 1. The van der Waals surface area contributed by atoms with Crippen LogP contribution in [-0.4, -0.2) is 22.3 Å². The average Bonchev–Trinajstić information content (AvgIpc) is 2.82. The van der Waals surface area contributed by atoms with Gasteiger partial charge in [0.05, 0.1) is 16.1 Å². The zero-order valence-corrected chi connectivity index (χ0v) is 10.6. The number of nitrogens with one attached hydrogen (secondary N) is 1. The summed E-state index contributed by atoms with van der Waals surface area (Å²) < 4.78 is 0. The molecular formula is C12H12N2O2S. The number of aromatic amines is 1. The van der Waals surface area contributed by atoms with Crippen molar-refractivity contribution >= 4 is 23.4 Å². The molecule has 0 aliphatic heterocycles. The highest BCUT2D eigenvalue weighted by Gasteiger charge is 2.19. The van der Waals surface area contributed by atoms with Crippen LogP contribution in [0.15, 0.2) is 6.07 Å². The first kappa shape index (κ1) is 11.7. The van der Waals surface area contributed by atoms with Gasteiger partial charge in [-0.05, 0) is 26.8 Å². The van der Waals surface area contributed by atoms with E-state index in [4.69, 9.17) is 0 Å². The van der Waals surface area contributed by atoms with E-state index in [0.717, 1.165) is 16.9 Å². The molecule has 4 nitrogen and oxygen atoms in total. The molecular weight excluding hydrogens is 236 g/mol. The quantitative estimate of drug-likeness (QED) is 0.670. The molecule has 2 aromatic rings. The van der Waals surface area contributed by atoms with Crippen LogP contribution in [0.4, 0.5) is 0 Å². The van der Waals surface area contributed by atoms with Gasteiger partial charge in [0.1, 0.15) is 0 Å². The van der Waals surface area contributed by atoms with E-state index in [1.807, 2.05) is 13.8 Å². The molecule has 0 amide bonds. The Balaban J connectivity index is 2.47. The molecule has 0 aliphatic rings. The van der Waals surface area contributed by atoms with Gasteiger partial charge in [-0.1, -0.05) is 0 Å². The Kier molecular flexibility index (Phi) is 2.93. The topological polar surface area (TPSA) is 62.8 Å². The first-order valence-corrected chi connectivity index (χ1v) is 5.98. The van der Waals surface area contributed by atoms with Crippen molar-refractivity contribution in [2.45, 2.75) is 20.8 Å². The van der Waals surface area contributed by atoms with E-state index in [-0.39, 0.29) is 5.78 Å². The standard InChI is InChI=1S/C12H12N2O2S/c1-6-11(7(2)14-13-6)12(16)10-4-9(5-15)8(3)17-10/h4-5H,1-3H3,(H,13,14). The number of aryl methyl sites for hydroxylation is 3. The number of H-pyrrole nitrogens is 1. The minimum absolute atomic E-state index is 0.0741. The minimum atomic E-state index is -0.0741. The van der Waals surface area contributed by atoms with E-state index >= 15 is 0 Å². The SMILES string of the molecule is Cc1n[nH]c(C)c1C(=O)c1cc(C=O)c(C)s1. The molecule has 0 saturated heterocycles. The maximum absolute atomic E-state index is 12.3. The Morgan fingerprint density at radius 3 is 2.59 bits per heavy atom. The Morgan fingerprint density at radius 2 is 2.12 bits per heavy atom. The smallest absolute Gasteiger partial charge is 0.206 e. The fourth-order valence-electron chi connectivity index (χ4n) is 1.73. The van der Waals surface area contributed by atoms with E-state index < -0.39 is 0 Å². The van der Waals surface area contributed by atoms with Crippen LogP contribution in [0.25, 0.3) is 0 Å². The third kappa shape index (κ3) is 1.93. The largest absolute Gasteiger partial charge is 0.298 e. The van der Waals surface area contributed by atoms with Crippen LogP contribution in [0.3, 0.4) is 0 Å². The number of hydrogen-bond acceptors (Lipinski definition) is 4. The number of carbonyl (C=O) groups is 2. The predicted octanol–water partition coefficient (Wildman–Crippen LogP) is 2.44. The molecule has 0 fully saturated rings. The summed E-state index contributed by atoms with van der Waals surface area (Å²) in [6.45, 7) is 5.44. The summed E-state index contributed by atoms with van der Waals surface area (Å²) in [5.41, 5.74) is 2.62. The number of hydrogen-bond donors (Lipinski definition) is 1. The fraction of sp³-hybridized carbons (Fsp3) is 0.250. The molecule has 2 heterocycles. The van der Waals surface area contributed by atoms with Crippen molar-refractivity contribution in [3.05, 3.63) is 38.3 Å². The van der Waals surface area contributed by atoms with Crippen LogP contribution in [0.2, 0.25) is 0 Å². The number of carbonyl (C=O) groups excluding carboxylic acids is 2. The van der Waals surface area contributed by atoms with Crippen molar-refractivity contribution in [1.82, 2.24) is 10.2 Å². The van der Waals surface area contributed by atoms with E-state index in [0.29, 0.717) is 21.7 Å². The Labute approximate surface area is 103 Å². The van der Waals surface area contributed by atoms with Crippen molar-refractivity contribution in [2.75, 3.05) is 0 Å². The lowest BCUT2D eigenvalue weighted by molar-refractivity contribution is 0.104. The lowest BCUT2D eigenvalue weighted by Gasteiger charge is -1.96. The first-order chi connectivity index (χ1) is 8.04. The van der Waals surface area contributed by atoms with Gasteiger partial charge in [0.2, 0.25) is 5.78 Å². The Morgan fingerprint density at radius 1 is 1.41 bits per heavy atom. The highest BCUT2D eigenvalue weighted by Crippen LogP contribution is 2.24. The van der Waals surface area contributed by atoms with Crippen LogP contribution < -0.4 is 0 Å². The fourth-order valence-corrected chi connectivity index (χ4v) is 2.67.